The van der Waals surface area contributed by atoms with Crippen LogP contribution in [0, 0.1) is 20.8 Å². The minimum atomic E-state index is 0.250. The Kier molecular flexibility index (Phi) is 5.32. The SMILES string of the molecule is Cc1cc(C)c(CC(CN)c2ccc(Cl)c(Cl)c2)c(C)c1. The van der Waals surface area contributed by atoms with E-state index in [1.165, 1.54) is 22.3 Å². The van der Waals surface area contributed by atoms with Crippen molar-refractivity contribution in [3.8, 4) is 0 Å². The van der Waals surface area contributed by atoms with Gasteiger partial charge in [-0.15, -0.1) is 0 Å². The van der Waals surface area contributed by atoms with Crippen molar-refractivity contribution in [2.24, 2.45) is 5.73 Å². The molecule has 0 aliphatic heterocycles. The van der Waals surface area contributed by atoms with Crippen LogP contribution in [-0.2, 0) is 6.42 Å². The second-order valence-electron chi connectivity index (χ2n) is 5.69. The van der Waals surface area contributed by atoms with Crippen LogP contribution in [0.5, 0.6) is 0 Å². The normalized spacial score (nSPS) is 12.5. The Hall–Kier alpha value is -1.02. The fourth-order valence-corrected chi connectivity index (χ4v) is 3.19. The Morgan fingerprint density at radius 2 is 1.57 bits per heavy atom. The molecular weight excluding hydrogens is 301 g/mol. The van der Waals surface area contributed by atoms with Gasteiger partial charge in [0.2, 0.25) is 0 Å². The van der Waals surface area contributed by atoms with Crippen LogP contribution in [-0.4, -0.2) is 6.54 Å². The van der Waals surface area contributed by atoms with E-state index in [2.05, 4.69) is 32.9 Å². The second kappa shape index (κ2) is 6.83. The summed E-state index contributed by atoms with van der Waals surface area (Å²) in [6.45, 7) is 7.05. The molecule has 1 nitrogen and oxygen atoms in total. The highest BCUT2D eigenvalue weighted by Crippen LogP contribution is 2.29. The third-order valence-electron chi connectivity index (χ3n) is 3.99. The smallest absolute Gasteiger partial charge is 0.0595 e. The summed E-state index contributed by atoms with van der Waals surface area (Å²) < 4.78 is 0. The molecule has 0 radical (unpaired) electrons. The molecule has 112 valence electrons. The zero-order valence-electron chi connectivity index (χ0n) is 12.7. The van der Waals surface area contributed by atoms with Gasteiger partial charge in [0.1, 0.15) is 0 Å². The van der Waals surface area contributed by atoms with Crippen molar-refractivity contribution < 1.29 is 0 Å². The van der Waals surface area contributed by atoms with Gasteiger partial charge in [-0.05, 0) is 68.1 Å². The van der Waals surface area contributed by atoms with Crippen LogP contribution < -0.4 is 5.73 Å². The predicted octanol–water partition coefficient (Wildman–Crippen LogP) is 5.20. The molecule has 1 atom stereocenters. The lowest BCUT2D eigenvalue weighted by Crippen LogP contribution is -2.16. The number of hydrogen-bond donors (Lipinski definition) is 1. The van der Waals surface area contributed by atoms with E-state index in [-0.39, 0.29) is 5.92 Å². The molecule has 1 unspecified atom stereocenters. The van der Waals surface area contributed by atoms with E-state index in [1.54, 1.807) is 0 Å². The van der Waals surface area contributed by atoms with Crippen LogP contribution in [0.1, 0.15) is 33.7 Å². The van der Waals surface area contributed by atoms with Gasteiger partial charge < -0.3 is 5.73 Å². The molecule has 3 heteroatoms. The van der Waals surface area contributed by atoms with E-state index in [0.29, 0.717) is 16.6 Å². The monoisotopic (exact) mass is 321 g/mol. The molecular formula is C18H21Cl2N. The van der Waals surface area contributed by atoms with E-state index in [1.807, 2.05) is 18.2 Å². The highest BCUT2D eigenvalue weighted by molar-refractivity contribution is 6.42. The highest BCUT2D eigenvalue weighted by atomic mass is 35.5. The minimum Gasteiger partial charge on any atom is -0.330 e. The third kappa shape index (κ3) is 3.79. The van der Waals surface area contributed by atoms with E-state index >= 15 is 0 Å². The second-order valence-corrected chi connectivity index (χ2v) is 6.50. The number of hydrogen-bond acceptors (Lipinski definition) is 1. The van der Waals surface area contributed by atoms with Crippen molar-refractivity contribution in [2.45, 2.75) is 33.1 Å². The first-order valence-electron chi connectivity index (χ1n) is 7.14. The van der Waals surface area contributed by atoms with Gasteiger partial charge in [-0.25, -0.2) is 0 Å². The van der Waals surface area contributed by atoms with Crippen molar-refractivity contribution in [2.75, 3.05) is 6.54 Å². The Labute approximate surface area is 137 Å². The van der Waals surface area contributed by atoms with Gasteiger partial charge in [-0.2, -0.15) is 0 Å². The van der Waals surface area contributed by atoms with Gasteiger partial charge in [0, 0.05) is 5.92 Å². The van der Waals surface area contributed by atoms with Crippen LogP contribution >= 0.6 is 23.2 Å². The minimum absolute atomic E-state index is 0.250. The molecule has 0 saturated carbocycles. The molecule has 0 amide bonds. The maximum absolute atomic E-state index is 6.13. The molecule has 0 fully saturated rings. The van der Waals surface area contributed by atoms with Crippen LogP contribution in [0.3, 0.4) is 0 Å². The number of nitrogens with two attached hydrogens (primary N) is 1. The summed E-state index contributed by atoms with van der Waals surface area (Å²) >= 11 is 12.1. The Balaban J connectivity index is 2.33. The molecule has 0 aliphatic carbocycles. The zero-order valence-corrected chi connectivity index (χ0v) is 14.2. The fourth-order valence-electron chi connectivity index (χ4n) is 2.88. The summed E-state index contributed by atoms with van der Waals surface area (Å²) in [6, 6.07) is 10.2. The maximum atomic E-state index is 6.13. The molecule has 0 aromatic heterocycles. The standard InChI is InChI=1S/C18H21Cl2N/c1-11-6-12(2)16(13(3)7-11)8-15(10-21)14-4-5-17(19)18(20)9-14/h4-7,9,15H,8,10,21H2,1-3H3. The molecule has 2 rings (SSSR count). The fraction of sp³-hybridized carbons (Fsp3) is 0.333. The quantitative estimate of drug-likeness (QED) is 0.822. The summed E-state index contributed by atoms with van der Waals surface area (Å²) in [5.74, 6) is 0.250. The van der Waals surface area contributed by atoms with E-state index in [9.17, 15) is 0 Å². The lowest BCUT2D eigenvalue weighted by molar-refractivity contribution is 0.689. The van der Waals surface area contributed by atoms with Crippen LogP contribution in [0.4, 0.5) is 0 Å². The summed E-state index contributed by atoms with van der Waals surface area (Å²) in [5, 5.41) is 1.17. The molecule has 2 aromatic rings. The highest BCUT2D eigenvalue weighted by Gasteiger charge is 2.15. The number of benzene rings is 2. The van der Waals surface area contributed by atoms with E-state index in [4.69, 9.17) is 28.9 Å². The number of aryl methyl sites for hydroxylation is 3. The topological polar surface area (TPSA) is 26.0 Å². The first kappa shape index (κ1) is 16.4. The molecule has 0 heterocycles. The average Bonchev–Trinajstić information content (AvgIpc) is 2.41. The Morgan fingerprint density at radius 3 is 2.10 bits per heavy atom. The van der Waals surface area contributed by atoms with Crippen molar-refractivity contribution in [1.82, 2.24) is 0 Å². The van der Waals surface area contributed by atoms with E-state index < -0.39 is 0 Å². The van der Waals surface area contributed by atoms with Gasteiger partial charge in [-0.3, -0.25) is 0 Å². The van der Waals surface area contributed by atoms with Crippen molar-refractivity contribution >= 4 is 23.2 Å². The zero-order chi connectivity index (χ0) is 15.6. The van der Waals surface area contributed by atoms with Crippen LogP contribution in [0.2, 0.25) is 10.0 Å². The van der Waals surface area contributed by atoms with Gasteiger partial charge in [-0.1, -0.05) is 47.0 Å². The van der Waals surface area contributed by atoms with Gasteiger partial charge >= 0.3 is 0 Å². The summed E-state index contributed by atoms with van der Waals surface area (Å²) in [6.07, 6.45) is 0.923. The summed E-state index contributed by atoms with van der Waals surface area (Å²) in [5.41, 5.74) is 12.5. The molecule has 2 aromatic carbocycles. The van der Waals surface area contributed by atoms with Crippen molar-refractivity contribution in [1.29, 1.82) is 0 Å². The first-order chi connectivity index (χ1) is 9.92. The first-order valence-corrected chi connectivity index (χ1v) is 7.89. The molecule has 2 N–H and O–H groups in total. The molecule has 21 heavy (non-hydrogen) atoms. The van der Waals surface area contributed by atoms with Crippen molar-refractivity contribution in [3.05, 3.63) is 68.2 Å². The van der Waals surface area contributed by atoms with Crippen molar-refractivity contribution in [3.63, 3.8) is 0 Å². The maximum Gasteiger partial charge on any atom is 0.0595 e. The summed E-state index contributed by atoms with van der Waals surface area (Å²) in [4.78, 5) is 0. The Morgan fingerprint density at radius 1 is 0.952 bits per heavy atom. The largest absolute Gasteiger partial charge is 0.330 e. The van der Waals surface area contributed by atoms with Gasteiger partial charge in [0.25, 0.3) is 0 Å². The number of rotatable bonds is 4. The molecule has 0 saturated heterocycles. The van der Waals surface area contributed by atoms with Gasteiger partial charge in [0.05, 0.1) is 10.0 Å². The van der Waals surface area contributed by atoms with Gasteiger partial charge in [0.15, 0.2) is 0 Å². The van der Waals surface area contributed by atoms with Crippen LogP contribution in [0.15, 0.2) is 30.3 Å². The molecule has 0 bridgehead atoms. The predicted molar refractivity (Wildman–Crippen MR) is 92.6 cm³/mol. The molecule has 0 spiro atoms. The molecule has 0 aliphatic rings. The average molecular weight is 322 g/mol. The lowest BCUT2D eigenvalue weighted by Gasteiger charge is -2.19. The van der Waals surface area contributed by atoms with E-state index in [0.717, 1.165) is 12.0 Å². The number of halogens is 2. The van der Waals surface area contributed by atoms with Crippen LogP contribution in [0.25, 0.3) is 0 Å². The third-order valence-corrected chi connectivity index (χ3v) is 4.73. The lowest BCUT2D eigenvalue weighted by atomic mass is 9.87. The summed E-state index contributed by atoms with van der Waals surface area (Å²) in [7, 11) is 0. The Bertz CT molecular complexity index is 627.